The number of ether oxygens (including phenoxy) is 2. The zero-order chi connectivity index (χ0) is 16.6. The monoisotopic (exact) mass is 325 g/mol. The lowest BCUT2D eigenvalue weighted by Crippen LogP contribution is -2.24. The van der Waals surface area contributed by atoms with Gasteiger partial charge in [-0.1, -0.05) is 43.3 Å². The first-order chi connectivity index (χ1) is 11.9. The first-order valence-electron chi connectivity index (χ1n) is 8.97. The number of hydrogen-bond donors (Lipinski definition) is 1. The highest BCUT2D eigenvalue weighted by Gasteiger charge is 2.19. The maximum atomic E-state index is 5.86. The van der Waals surface area contributed by atoms with Gasteiger partial charge < -0.3 is 14.8 Å². The fraction of sp³-hybridized carbons (Fsp3) is 0.429. The summed E-state index contributed by atoms with van der Waals surface area (Å²) in [7, 11) is 0. The van der Waals surface area contributed by atoms with Crippen LogP contribution in [0.1, 0.15) is 42.5 Å². The van der Waals surface area contributed by atoms with E-state index >= 15 is 0 Å². The van der Waals surface area contributed by atoms with Gasteiger partial charge in [-0.15, -0.1) is 0 Å². The molecule has 0 radical (unpaired) electrons. The van der Waals surface area contributed by atoms with E-state index in [2.05, 4.69) is 42.6 Å². The van der Waals surface area contributed by atoms with E-state index in [9.17, 15) is 0 Å². The smallest absolute Gasteiger partial charge is 0.119 e. The van der Waals surface area contributed by atoms with Gasteiger partial charge in [0.1, 0.15) is 12.4 Å². The molecule has 0 aromatic heterocycles. The van der Waals surface area contributed by atoms with Gasteiger partial charge in [0, 0.05) is 6.04 Å². The molecule has 1 aliphatic carbocycles. The summed E-state index contributed by atoms with van der Waals surface area (Å²) in [5.41, 5.74) is 4.06. The molecule has 2 aromatic rings. The van der Waals surface area contributed by atoms with Crippen LogP contribution in [0.15, 0.2) is 48.5 Å². The first kappa shape index (κ1) is 17.0. The van der Waals surface area contributed by atoms with Crippen LogP contribution >= 0.6 is 0 Å². The molecule has 0 aliphatic heterocycles. The van der Waals surface area contributed by atoms with Crippen molar-refractivity contribution >= 4 is 0 Å². The first-order valence-corrected chi connectivity index (χ1v) is 8.97. The molecule has 1 N–H and O–H groups in total. The lowest BCUT2D eigenvalue weighted by Gasteiger charge is -2.26. The highest BCUT2D eigenvalue weighted by molar-refractivity contribution is 5.39. The molecule has 24 heavy (non-hydrogen) atoms. The van der Waals surface area contributed by atoms with Crippen molar-refractivity contribution in [2.24, 2.45) is 0 Å². The summed E-state index contributed by atoms with van der Waals surface area (Å²) in [4.78, 5) is 0. The Morgan fingerprint density at radius 2 is 1.96 bits per heavy atom. The highest BCUT2D eigenvalue weighted by Crippen LogP contribution is 2.32. The van der Waals surface area contributed by atoms with Gasteiger partial charge in [0.25, 0.3) is 0 Å². The minimum absolute atomic E-state index is 0.502. The van der Waals surface area contributed by atoms with E-state index in [1.54, 1.807) is 0 Å². The minimum atomic E-state index is 0.502. The molecule has 0 spiro atoms. The van der Waals surface area contributed by atoms with Crippen molar-refractivity contribution in [2.45, 2.75) is 38.8 Å². The van der Waals surface area contributed by atoms with E-state index in [0.717, 1.165) is 18.7 Å². The topological polar surface area (TPSA) is 30.5 Å². The van der Waals surface area contributed by atoms with Gasteiger partial charge in [0.15, 0.2) is 0 Å². The Kier molecular flexibility index (Phi) is 6.27. The summed E-state index contributed by atoms with van der Waals surface area (Å²) in [5, 5.41) is 3.57. The zero-order valence-electron chi connectivity index (χ0n) is 14.5. The molecule has 1 unspecified atom stereocenters. The normalized spacial score (nSPS) is 16.6. The number of benzene rings is 2. The second-order valence-corrected chi connectivity index (χ2v) is 6.25. The van der Waals surface area contributed by atoms with Crippen LogP contribution in [0, 0.1) is 0 Å². The van der Waals surface area contributed by atoms with Gasteiger partial charge >= 0.3 is 0 Å². The number of fused-ring (bicyclic) bond motifs is 1. The fourth-order valence-electron chi connectivity index (χ4n) is 3.32. The molecule has 0 saturated heterocycles. The highest BCUT2D eigenvalue weighted by atomic mass is 16.5. The summed E-state index contributed by atoms with van der Waals surface area (Å²) >= 11 is 0. The van der Waals surface area contributed by atoms with Gasteiger partial charge in [-0.2, -0.15) is 0 Å². The molecule has 0 heterocycles. The van der Waals surface area contributed by atoms with Crippen molar-refractivity contribution in [2.75, 3.05) is 19.8 Å². The molecule has 0 fully saturated rings. The summed E-state index contributed by atoms with van der Waals surface area (Å²) in [6.45, 7) is 5.01. The van der Waals surface area contributed by atoms with Crippen LogP contribution < -0.4 is 10.1 Å². The van der Waals surface area contributed by atoms with E-state index in [-0.39, 0.29) is 0 Å². The number of rotatable bonds is 8. The molecular weight excluding hydrogens is 298 g/mol. The van der Waals surface area contributed by atoms with Crippen molar-refractivity contribution in [3.05, 3.63) is 65.2 Å². The Bertz CT molecular complexity index is 627. The van der Waals surface area contributed by atoms with Crippen LogP contribution in [0.25, 0.3) is 0 Å². The van der Waals surface area contributed by atoms with Crippen molar-refractivity contribution < 1.29 is 9.47 Å². The molecule has 2 aromatic carbocycles. The van der Waals surface area contributed by atoms with Gasteiger partial charge in [-0.25, -0.2) is 0 Å². The number of aryl methyl sites for hydroxylation is 1. The predicted octanol–water partition coefficient (Wildman–Crippen LogP) is 4.27. The van der Waals surface area contributed by atoms with Crippen molar-refractivity contribution in [3.63, 3.8) is 0 Å². The van der Waals surface area contributed by atoms with Crippen LogP contribution in [0.2, 0.25) is 0 Å². The lowest BCUT2D eigenvalue weighted by atomic mass is 9.87. The summed E-state index contributed by atoms with van der Waals surface area (Å²) in [5.74, 6) is 0.953. The quantitative estimate of drug-likeness (QED) is 0.735. The van der Waals surface area contributed by atoms with Crippen molar-refractivity contribution in [1.29, 1.82) is 0 Å². The summed E-state index contributed by atoms with van der Waals surface area (Å²) < 4.78 is 11.5. The standard InChI is InChI=1S/C21H27NO2/c1-2-22-21-10-6-9-18-15-19(11-12-20(18)21)24-14-13-23-16-17-7-4-3-5-8-17/h3-5,7-8,11-12,15,21-22H,2,6,9-10,13-14,16H2,1H3. The third-order valence-corrected chi connectivity index (χ3v) is 4.49. The van der Waals surface area contributed by atoms with Crippen molar-refractivity contribution in [1.82, 2.24) is 5.32 Å². The molecular formula is C21H27NO2. The van der Waals surface area contributed by atoms with Crippen LogP contribution in [-0.4, -0.2) is 19.8 Å². The molecule has 1 atom stereocenters. The third-order valence-electron chi connectivity index (χ3n) is 4.49. The van der Waals surface area contributed by atoms with Crippen LogP contribution in [-0.2, 0) is 17.8 Å². The van der Waals surface area contributed by atoms with Gasteiger partial charge in [0.05, 0.1) is 13.2 Å². The average Bonchev–Trinajstić information content (AvgIpc) is 2.63. The van der Waals surface area contributed by atoms with E-state index in [0.29, 0.717) is 25.9 Å². The predicted molar refractivity (Wildman–Crippen MR) is 97.4 cm³/mol. The zero-order valence-corrected chi connectivity index (χ0v) is 14.5. The van der Waals surface area contributed by atoms with E-state index in [1.807, 2.05) is 18.2 Å². The SMILES string of the molecule is CCNC1CCCc2cc(OCCOCc3ccccc3)ccc21. The van der Waals surface area contributed by atoms with E-state index in [1.165, 1.54) is 29.5 Å². The molecule has 0 saturated carbocycles. The average molecular weight is 325 g/mol. The molecule has 1 aliphatic rings. The third kappa shape index (κ3) is 4.59. The van der Waals surface area contributed by atoms with Crippen LogP contribution in [0.4, 0.5) is 0 Å². The van der Waals surface area contributed by atoms with E-state index in [4.69, 9.17) is 9.47 Å². The maximum absolute atomic E-state index is 5.86. The molecule has 0 amide bonds. The Labute approximate surface area is 145 Å². The lowest BCUT2D eigenvalue weighted by molar-refractivity contribution is 0.0889. The Balaban J connectivity index is 1.46. The molecule has 3 rings (SSSR count). The minimum Gasteiger partial charge on any atom is -0.491 e. The molecule has 3 nitrogen and oxygen atoms in total. The van der Waals surface area contributed by atoms with Gasteiger partial charge in [-0.05, 0) is 54.6 Å². The second-order valence-electron chi connectivity index (χ2n) is 6.25. The molecule has 3 heteroatoms. The van der Waals surface area contributed by atoms with Crippen molar-refractivity contribution in [3.8, 4) is 5.75 Å². The molecule has 0 bridgehead atoms. The van der Waals surface area contributed by atoms with Gasteiger partial charge in [-0.3, -0.25) is 0 Å². The Morgan fingerprint density at radius 1 is 1.08 bits per heavy atom. The van der Waals surface area contributed by atoms with E-state index < -0.39 is 0 Å². The second kappa shape index (κ2) is 8.86. The maximum Gasteiger partial charge on any atom is 0.119 e. The van der Waals surface area contributed by atoms with Crippen LogP contribution in [0.3, 0.4) is 0 Å². The summed E-state index contributed by atoms with van der Waals surface area (Å²) in [6.07, 6.45) is 3.63. The number of hydrogen-bond acceptors (Lipinski definition) is 3. The number of nitrogens with one attached hydrogen (secondary N) is 1. The van der Waals surface area contributed by atoms with Gasteiger partial charge in [0.2, 0.25) is 0 Å². The largest absolute Gasteiger partial charge is 0.491 e. The van der Waals surface area contributed by atoms with Crippen LogP contribution in [0.5, 0.6) is 5.75 Å². The Morgan fingerprint density at radius 3 is 2.79 bits per heavy atom. The Hall–Kier alpha value is -1.84. The fourth-order valence-corrected chi connectivity index (χ4v) is 3.32. The summed E-state index contributed by atoms with van der Waals surface area (Å²) in [6, 6.07) is 17.2. The molecule has 128 valence electrons.